The first-order valence-corrected chi connectivity index (χ1v) is 15.0. The van der Waals surface area contributed by atoms with E-state index >= 15 is 0 Å². The van der Waals surface area contributed by atoms with Crippen LogP contribution in [0.3, 0.4) is 0 Å². The number of nitrogens with one attached hydrogen (secondary N) is 1. The molecule has 3 rings (SSSR count). The number of aliphatic hydroxyl groups excluding tert-OH is 9. The van der Waals surface area contributed by atoms with Crippen LogP contribution in [-0.4, -0.2) is 182 Å². The smallest absolute Gasteiger partial charge is 0.394 e. The molecular formula is C22H41N2O19P. The van der Waals surface area contributed by atoms with Crippen LogP contribution in [0, 0.1) is 0 Å². The molecule has 3 aliphatic rings. The summed E-state index contributed by atoms with van der Waals surface area (Å²) in [5.41, 5.74) is 5.24. The number of aliphatic hydroxyl groups is 9. The fourth-order valence-electron chi connectivity index (χ4n) is 4.80. The fraction of sp³-hybridized carbons (Fsp3) is 0.955. The first-order valence-electron chi connectivity index (χ1n) is 13.5. The molecule has 44 heavy (non-hydrogen) atoms. The Labute approximate surface area is 250 Å². The Morgan fingerprint density at radius 2 is 1.36 bits per heavy atom. The van der Waals surface area contributed by atoms with E-state index in [4.69, 9.17) is 33.9 Å². The van der Waals surface area contributed by atoms with Crippen LogP contribution in [0.15, 0.2) is 0 Å². The maximum Gasteiger partial charge on any atom is 0.472 e. The van der Waals surface area contributed by atoms with Gasteiger partial charge in [-0.3, -0.25) is 13.8 Å². The molecule has 0 aromatic rings. The quantitative estimate of drug-likeness (QED) is 0.0811. The molecule has 22 heteroatoms. The molecule has 3 fully saturated rings. The number of amides is 1. The predicted molar refractivity (Wildman–Crippen MR) is 137 cm³/mol. The van der Waals surface area contributed by atoms with Gasteiger partial charge in [0.25, 0.3) is 0 Å². The van der Waals surface area contributed by atoms with E-state index in [2.05, 4.69) is 9.84 Å². The summed E-state index contributed by atoms with van der Waals surface area (Å²) >= 11 is 0. The number of carbonyl (C=O) groups excluding carboxylic acids is 1. The van der Waals surface area contributed by atoms with Crippen LogP contribution in [-0.2, 0) is 42.1 Å². The zero-order chi connectivity index (χ0) is 32.9. The lowest BCUT2D eigenvalue weighted by Crippen LogP contribution is -2.68. The molecule has 258 valence electrons. The van der Waals surface area contributed by atoms with Gasteiger partial charge in [0.15, 0.2) is 18.9 Å². The molecular weight excluding hydrogens is 627 g/mol. The van der Waals surface area contributed by atoms with Crippen molar-refractivity contribution in [2.75, 3.05) is 33.0 Å². The molecule has 0 spiro atoms. The summed E-state index contributed by atoms with van der Waals surface area (Å²) in [5.74, 6) is -0.684. The molecule has 21 nitrogen and oxygen atoms in total. The third kappa shape index (κ3) is 8.86. The van der Waals surface area contributed by atoms with Crippen molar-refractivity contribution < 1.29 is 92.9 Å². The zero-order valence-corrected chi connectivity index (χ0v) is 24.3. The zero-order valence-electron chi connectivity index (χ0n) is 23.4. The van der Waals surface area contributed by atoms with Gasteiger partial charge in [-0.05, 0) is 0 Å². The summed E-state index contributed by atoms with van der Waals surface area (Å²) in [6.45, 7) is -2.01. The summed E-state index contributed by atoms with van der Waals surface area (Å²) in [6.07, 6.45) is -25.3. The summed E-state index contributed by atoms with van der Waals surface area (Å²) in [5, 5.41) is 95.3. The second kappa shape index (κ2) is 16.2. The number of ether oxygens (including phenoxy) is 5. The minimum absolute atomic E-state index is 0.131. The Morgan fingerprint density at radius 3 is 1.95 bits per heavy atom. The highest BCUT2D eigenvalue weighted by Crippen LogP contribution is 2.44. The van der Waals surface area contributed by atoms with E-state index in [1.807, 2.05) is 0 Å². The van der Waals surface area contributed by atoms with Crippen molar-refractivity contribution in [1.82, 2.24) is 5.32 Å². The number of rotatable bonds is 13. The van der Waals surface area contributed by atoms with Crippen molar-refractivity contribution in [2.45, 2.75) is 99.0 Å². The molecule has 16 atom stereocenters. The summed E-state index contributed by atoms with van der Waals surface area (Å²) in [4.78, 5) is 21.5. The molecule has 1 unspecified atom stereocenters. The normalized spacial score (nSPS) is 44.6. The number of phosphoric acid groups is 1. The van der Waals surface area contributed by atoms with E-state index in [-0.39, 0.29) is 13.2 Å². The lowest BCUT2D eigenvalue weighted by Gasteiger charge is -2.48. The molecule has 13 N–H and O–H groups in total. The van der Waals surface area contributed by atoms with E-state index in [9.17, 15) is 60.2 Å². The highest BCUT2D eigenvalue weighted by atomic mass is 31.2. The second-order valence-electron chi connectivity index (χ2n) is 10.3. The van der Waals surface area contributed by atoms with Gasteiger partial charge in [0.05, 0.1) is 26.4 Å². The molecule has 0 aromatic heterocycles. The van der Waals surface area contributed by atoms with Gasteiger partial charge >= 0.3 is 7.82 Å². The average Bonchev–Trinajstić information content (AvgIpc) is 2.98. The van der Waals surface area contributed by atoms with Crippen LogP contribution in [0.25, 0.3) is 0 Å². The van der Waals surface area contributed by atoms with Crippen LogP contribution in [0.4, 0.5) is 0 Å². The van der Waals surface area contributed by atoms with Crippen LogP contribution < -0.4 is 11.1 Å². The summed E-state index contributed by atoms with van der Waals surface area (Å²) in [7, 11) is -4.72. The average molecular weight is 669 g/mol. The number of carbonyl (C=O) groups is 1. The van der Waals surface area contributed by atoms with Gasteiger partial charge in [0.2, 0.25) is 5.91 Å². The van der Waals surface area contributed by atoms with Crippen molar-refractivity contribution >= 4 is 13.7 Å². The fourth-order valence-corrected chi connectivity index (χ4v) is 5.55. The largest absolute Gasteiger partial charge is 0.472 e. The first kappa shape index (κ1) is 37.4. The Bertz CT molecular complexity index is 966. The summed E-state index contributed by atoms with van der Waals surface area (Å²) < 4.78 is 49.1. The molecule has 3 heterocycles. The van der Waals surface area contributed by atoms with E-state index in [1.54, 1.807) is 0 Å². The van der Waals surface area contributed by atoms with Crippen molar-refractivity contribution in [3.05, 3.63) is 0 Å². The topological polar surface area (TPSA) is 339 Å². The van der Waals surface area contributed by atoms with Gasteiger partial charge in [0.1, 0.15) is 73.2 Å². The highest BCUT2D eigenvalue weighted by Gasteiger charge is 2.54. The van der Waals surface area contributed by atoms with Crippen LogP contribution in [0.5, 0.6) is 0 Å². The SMILES string of the molecule is CC(=O)N[C@@H]1[C@@H](O)[C@H](O[C@H]2O[C@H](COP(=O)(O)OCCN)[C@@H](O)[C@H](O)[C@@H]2O[C@H]2O[C@H](CO)[C@@H](O)[C@H](O)[C@@H]2O)[C@@H](CO)O[C@H]1O. The van der Waals surface area contributed by atoms with Crippen molar-refractivity contribution in [3.63, 3.8) is 0 Å². The van der Waals surface area contributed by atoms with Crippen LogP contribution >= 0.6 is 7.82 Å². The Balaban J connectivity index is 1.90. The lowest BCUT2D eigenvalue weighted by molar-refractivity contribution is -0.383. The molecule has 1 amide bonds. The monoisotopic (exact) mass is 668 g/mol. The molecule has 0 bridgehead atoms. The number of phosphoric ester groups is 1. The van der Waals surface area contributed by atoms with E-state index in [0.29, 0.717) is 0 Å². The van der Waals surface area contributed by atoms with Crippen molar-refractivity contribution in [1.29, 1.82) is 0 Å². The molecule has 0 aromatic carbocycles. The molecule has 0 saturated carbocycles. The Morgan fingerprint density at radius 1 is 0.773 bits per heavy atom. The Kier molecular flexibility index (Phi) is 13.8. The van der Waals surface area contributed by atoms with Crippen molar-refractivity contribution in [3.8, 4) is 0 Å². The Hall–Kier alpha value is -1.02. The van der Waals surface area contributed by atoms with E-state index in [1.165, 1.54) is 0 Å². The molecule has 0 radical (unpaired) electrons. The maximum absolute atomic E-state index is 12.1. The molecule has 0 aliphatic carbocycles. The van der Waals surface area contributed by atoms with Crippen LogP contribution in [0.1, 0.15) is 6.92 Å². The minimum atomic E-state index is -4.72. The van der Waals surface area contributed by atoms with Gasteiger partial charge in [-0.2, -0.15) is 0 Å². The van der Waals surface area contributed by atoms with Crippen molar-refractivity contribution in [2.24, 2.45) is 5.73 Å². The predicted octanol–water partition coefficient (Wildman–Crippen LogP) is -7.33. The third-order valence-electron chi connectivity index (χ3n) is 7.09. The lowest BCUT2D eigenvalue weighted by atomic mass is 9.95. The third-order valence-corrected chi connectivity index (χ3v) is 8.08. The van der Waals surface area contributed by atoms with Crippen LogP contribution in [0.2, 0.25) is 0 Å². The van der Waals surface area contributed by atoms with Gasteiger partial charge < -0.3 is 85.6 Å². The van der Waals surface area contributed by atoms with Gasteiger partial charge in [-0.15, -0.1) is 0 Å². The standard InChI is InChI=1S/C22H41N2O19P/c1-7(27)24-11-14(30)18(9(5-26)39-20(11)34)42-22-19(43-21-17(33)15(31)12(28)8(4-25)40-21)16(32)13(29)10(41-22)6-38-44(35,36)37-3-2-23/h8-22,25-26,28-34H,2-6,23H2,1H3,(H,24,27)(H,35,36)/t8-,9-,10-,11-,12-,13-,14-,15+,16+,17+,18-,19+,20-,21-,22-/m1/s1. The number of hydrogen-bond donors (Lipinski definition) is 12. The summed E-state index contributed by atoms with van der Waals surface area (Å²) in [6, 6.07) is -1.50. The highest BCUT2D eigenvalue weighted by molar-refractivity contribution is 7.47. The van der Waals surface area contributed by atoms with Gasteiger partial charge in [0, 0.05) is 13.5 Å². The first-order chi connectivity index (χ1) is 20.6. The number of hydrogen-bond acceptors (Lipinski definition) is 19. The van der Waals surface area contributed by atoms with Gasteiger partial charge in [-0.1, -0.05) is 0 Å². The van der Waals surface area contributed by atoms with E-state index < -0.39 is 126 Å². The second-order valence-corrected chi connectivity index (χ2v) is 11.7. The molecule has 3 aliphatic heterocycles. The maximum atomic E-state index is 12.1. The number of nitrogens with two attached hydrogens (primary N) is 1. The van der Waals surface area contributed by atoms with Gasteiger partial charge in [-0.25, -0.2) is 4.57 Å². The molecule has 3 saturated heterocycles. The van der Waals surface area contributed by atoms with E-state index in [0.717, 1.165) is 6.92 Å². The minimum Gasteiger partial charge on any atom is -0.394 e.